The summed E-state index contributed by atoms with van der Waals surface area (Å²) in [5.41, 5.74) is 1.32. The lowest BCUT2D eigenvalue weighted by molar-refractivity contribution is 0.536. The first-order valence-electron chi connectivity index (χ1n) is 2.93. The molecule has 0 radical (unpaired) electrons. The maximum atomic E-state index is 8.93. The molecule has 1 aromatic carbocycles. The van der Waals surface area contributed by atoms with Gasteiger partial charge in [-0.05, 0) is 6.92 Å². The molecule has 2 nitrogen and oxygen atoms in total. The molecule has 0 saturated heterocycles. The zero-order valence-corrected chi connectivity index (χ0v) is 7.69. The minimum Gasteiger partial charge on any atom is -0.459 e. The van der Waals surface area contributed by atoms with Gasteiger partial charge in [-0.3, -0.25) is 0 Å². The van der Waals surface area contributed by atoms with E-state index >= 15 is 0 Å². The average molecular weight is 189 g/mol. The van der Waals surface area contributed by atoms with Gasteiger partial charge in [-0.25, -0.2) is 11.2 Å². The third-order valence-electron chi connectivity index (χ3n) is 0.940. The molecule has 0 aliphatic carbocycles. The maximum Gasteiger partial charge on any atom is -0.0398 e. The fraction of sp³-hybridized carbons (Fsp3) is 0.143. The van der Waals surface area contributed by atoms with Gasteiger partial charge in [0.1, 0.15) is 0 Å². The normalized spacial score (nSPS) is 8.64. The Balaban J connectivity index is 0.000000218. The van der Waals surface area contributed by atoms with Crippen LogP contribution in [0.5, 0.6) is 0 Å². The van der Waals surface area contributed by atoms with Crippen LogP contribution in [0.3, 0.4) is 0 Å². The van der Waals surface area contributed by atoms with Crippen LogP contribution in [0.4, 0.5) is 0 Å². The van der Waals surface area contributed by atoms with Crippen molar-refractivity contribution < 1.29 is 8.76 Å². The first-order valence-corrected chi connectivity index (χ1v) is 4.96. The standard InChI is InChI=1S/C7H8.HO2S2/c1-7-5-3-2-4-6-7;1-4(2)3/h2-6H,1H3;(H,1,2,3)/q;-1. The van der Waals surface area contributed by atoms with Gasteiger partial charge in [0.15, 0.2) is 0 Å². The van der Waals surface area contributed by atoms with Gasteiger partial charge >= 0.3 is 0 Å². The third kappa shape index (κ3) is 9.55. The highest BCUT2D eigenvalue weighted by Gasteiger charge is 1.72. The minimum atomic E-state index is -2.03. The SMILES string of the molecule is Cc1ccccc1.O=[S-](O)=S. The molecule has 0 bridgehead atoms. The van der Waals surface area contributed by atoms with Gasteiger partial charge in [-0.2, -0.15) is 0 Å². The van der Waals surface area contributed by atoms with Crippen LogP contribution in [0.25, 0.3) is 0 Å². The second kappa shape index (κ2) is 6.27. The Kier molecular flexibility index (Phi) is 6.02. The van der Waals surface area contributed by atoms with Crippen molar-refractivity contribution in [1.82, 2.24) is 0 Å². The van der Waals surface area contributed by atoms with E-state index in [1.807, 2.05) is 18.2 Å². The topological polar surface area (TPSA) is 37.3 Å². The number of rotatable bonds is 0. The molecule has 0 aliphatic heterocycles. The largest absolute Gasteiger partial charge is 0.459 e. The van der Waals surface area contributed by atoms with Crippen molar-refractivity contribution in [1.29, 1.82) is 0 Å². The molecule has 0 heterocycles. The number of hydrogen-bond donors (Lipinski definition) is 1. The van der Waals surface area contributed by atoms with E-state index in [1.165, 1.54) is 5.56 Å². The smallest absolute Gasteiger partial charge is 0.0398 e. The first-order chi connectivity index (χ1) is 5.13. The van der Waals surface area contributed by atoms with Crippen LogP contribution in [-0.2, 0) is 25.0 Å². The lowest BCUT2D eigenvalue weighted by atomic mass is 10.2. The van der Waals surface area contributed by atoms with E-state index in [4.69, 9.17) is 8.76 Å². The highest BCUT2D eigenvalue weighted by molar-refractivity contribution is 8.18. The third-order valence-corrected chi connectivity index (χ3v) is 0.940. The van der Waals surface area contributed by atoms with E-state index in [-0.39, 0.29) is 0 Å². The Bertz CT molecular complexity index is 246. The van der Waals surface area contributed by atoms with E-state index in [0.717, 1.165) is 0 Å². The summed E-state index contributed by atoms with van der Waals surface area (Å²) in [5, 5.41) is 0. The second-order valence-corrected chi connectivity index (χ2v) is 3.16. The monoisotopic (exact) mass is 189 g/mol. The van der Waals surface area contributed by atoms with Crippen molar-refractivity contribution in [2.45, 2.75) is 6.92 Å². The van der Waals surface area contributed by atoms with Crippen LogP contribution in [-0.4, -0.2) is 4.55 Å². The summed E-state index contributed by atoms with van der Waals surface area (Å²) in [7, 11) is -2.03. The van der Waals surface area contributed by atoms with Crippen molar-refractivity contribution in [3.05, 3.63) is 35.9 Å². The quantitative estimate of drug-likeness (QED) is 0.500. The molecule has 4 heteroatoms. The molecule has 0 aliphatic rings. The Hall–Kier alpha value is -0.450. The van der Waals surface area contributed by atoms with Gasteiger partial charge < -0.3 is 8.76 Å². The minimum absolute atomic E-state index is 1.32. The Morgan fingerprint density at radius 3 is 1.91 bits per heavy atom. The molecule has 1 aromatic rings. The predicted octanol–water partition coefficient (Wildman–Crippen LogP) is 1.88. The van der Waals surface area contributed by atoms with E-state index in [0.29, 0.717) is 0 Å². The second-order valence-electron chi connectivity index (χ2n) is 1.87. The highest BCUT2D eigenvalue weighted by atomic mass is 32.8. The van der Waals surface area contributed by atoms with Crippen LogP contribution in [0.1, 0.15) is 5.56 Å². The number of hydrogen-bond acceptors (Lipinski definition) is 3. The van der Waals surface area contributed by atoms with Gasteiger partial charge in [-0.15, -0.1) is 0 Å². The van der Waals surface area contributed by atoms with Crippen LogP contribution >= 0.6 is 0 Å². The molecular formula is C7H9O2S2-. The van der Waals surface area contributed by atoms with Crippen LogP contribution in [0.2, 0.25) is 0 Å². The lowest BCUT2D eigenvalue weighted by Gasteiger charge is -1.82. The van der Waals surface area contributed by atoms with E-state index < -0.39 is 9.64 Å². The number of benzene rings is 1. The van der Waals surface area contributed by atoms with Gasteiger partial charge in [0, 0.05) is 0 Å². The molecule has 0 aromatic heterocycles. The maximum absolute atomic E-state index is 8.93. The van der Waals surface area contributed by atoms with Crippen LogP contribution < -0.4 is 0 Å². The highest BCUT2D eigenvalue weighted by Crippen LogP contribution is 1.92. The van der Waals surface area contributed by atoms with Gasteiger partial charge in [-0.1, -0.05) is 45.5 Å². The molecule has 11 heavy (non-hydrogen) atoms. The van der Waals surface area contributed by atoms with Crippen molar-refractivity contribution in [2.75, 3.05) is 0 Å². The van der Waals surface area contributed by atoms with Crippen molar-refractivity contribution in [2.24, 2.45) is 0 Å². The Morgan fingerprint density at radius 1 is 1.36 bits per heavy atom. The Labute approximate surface area is 72.8 Å². The molecule has 0 fully saturated rings. The van der Waals surface area contributed by atoms with Crippen LogP contribution in [0, 0.1) is 6.92 Å². The molecule has 0 unspecified atom stereocenters. The zero-order valence-electron chi connectivity index (χ0n) is 6.06. The fourth-order valence-corrected chi connectivity index (χ4v) is 0.534. The van der Waals surface area contributed by atoms with Crippen LogP contribution in [0.15, 0.2) is 30.3 Å². The molecule has 1 N–H and O–H groups in total. The summed E-state index contributed by atoms with van der Waals surface area (Å²) in [6.45, 7) is 2.08. The van der Waals surface area contributed by atoms with Crippen molar-refractivity contribution in [3.63, 3.8) is 0 Å². The zero-order chi connectivity index (χ0) is 8.69. The number of aryl methyl sites for hydroxylation is 1. The summed E-state index contributed by atoms with van der Waals surface area (Å²) in [5.74, 6) is 0. The molecule has 0 atom stereocenters. The molecule has 62 valence electrons. The Morgan fingerprint density at radius 2 is 1.73 bits per heavy atom. The summed E-state index contributed by atoms with van der Waals surface area (Å²) >= 11 is 3.65. The molecular weight excluding hydrogens is 180 g/mol. The van der Waals surface area contributed by atoms with Crippen molar-refractivity contribution in [3.8, 4) is 0 Å². The molecule has 0 amide bonds. The average Bonchev–Trinajstić information content (AvgIpc) is 1.87. The summed E-state index contributed by atoms with van der Waals surface area (Å²) in [6, 6.07) is 10.3. The molecule has 1 rings (SSSR count). The molecule has 0 spiro atoms. The van der Waals surface area contributed by atoms with Crippen molar-refractivity contribution >= 4 is 20.8 Å². The van der Waals surface area contributed by atoms with E-state index in [1.54, 1.807) is 0 Å². The summed E-state index contributed by atoms with van der Waals surface area (Å²) in [4.78, 5) is 0. The van der Waals surface area contributed by atoms with Gasteiger partial charge in [0.2, 0.25) is 0 Å². The predicted molar refractivity (Wildman–Crippen MR) is 49.2 cm³/mol. The van der Waals surface area contributed by atoms with E-state index in [9.17, 15) is 0 Å². The first kappa shape index (κ1) is 10.6. The molecule has 0 saturated carbocycles. The summed E-state index contributed by atoms with van der Waals surface area (Å²) < 4.78 is 16.3. The lowest BCUT2D eigenvalue weighted by Crippen LogP contribution is -1.62. The van der Waals surface area contributed by atoms with E-state index in [2.05, 4.69) is 30.2 Å². The summed E-state index contributed by atoms with van der Waals surface area (Å²) in [6.07, 6.45) is 0. The van der Waals surface area contributed by atoms with Gasteiger partial charge in [0.05, 0.1) is 0 Å². The fourth-order valence-electron chi connectivity index (χ4n) is 0.534. The van der Waals surface area contributed by atoms with Gasteiger partial charge in [0.25, 0.3) is 0 Å².